The highest BCUT2D eigenvalue weighted by molar-refractivity contribution is 5.92. The molecule has 0 unspecified atom stereocenters. The number of nitrogens with zero attached hydrogens (tertiary/aromatic N) is 1. The number of carbonyl (C=O) groups is 4. The van der Waals surface area contributed by atoms with Crippen LogP contribution >= 0.6 is 0 Å². The summed E-state index contributed by atoms with van der Waals surface area (Å²) in [6.07, 6.45) is -0.468. The number of carboxylic acids is 1. The summed E-state index contributed by atoms with van der Waals surface area (Å²) >= 11 is 0. The zero-order valence-corrected chi connectivity index (χ0v) is 17.4. The lowest BCUT2D eigenvalue weighted by Crippen LogP contribution is -2.52. The number of ether oxygens (including phenoxy) is 2. The highest BCUT2D eigenvalue weighted by Gasteiger charge is 2.39. The highest BCUT2D eigenvalue weighted by atomic mass is 16.6. The van der Waals surface area contributed by atoms with Gasteiger partial charge in [0.25, 0.3) is 0 Å². The fraction of sp³-hybridized carbons (Fsp3) is 0.524. The quantitative estimate of drug-likeness (QED) is 0.648. The third-order valence-electron chi connectivity index (χ3n) is 4.41. The second-order valence-corrected chi connectivity index (χ2v) is 8.08. The van der Waals surface area contributed by atoms with Crippen LogP contribution in [0.25, 0.3) is 0 Å². The van der Waals surface area contributed by atoms with E-state index in [1.165, 1.54) is 4.90 Å². The summed E-state index contributed by atoms with van der Waals surface area (Å²) in [7, 11) is 0. The van der Waals surface area contributed by atoms with Crippen LogP contribution < -0.4 is 5.32 Å². The average molecular weight is 420 g/mol. The number of carboxylic acid groups (broad SMARTS) is 1. The Morgan fingerprint density at radius 1 is 1.20 bits per heavy atom. The molecule has 0 saturated carbocycles. The molecule has 9 nitrogen and oxygen atoms in total. The van der Waals surface area contributed by atoms with Crippen LogP contribution in [0.15, 0.2) is 30.3 Å². The van der Waals surface area contributed by atoms with Crippen LogP contribution in [-0.4, -0.2) is 58.2 Å². The molecule has 2 atom stereocenters. The number of amides is 2. The van der Waals surface area contributed by atoms with Crippen LogP contribution in [0.1, 0.15) is 45.6 Å². The average Bonchev–Trinajstić information content (AvgIpc) is 3.15. The molecule has 2 amide bonds. The number of aliphatic carboxylic acids is 1. The van der Waals surface area contributed by atoms with Crippen molar-refractivity contribution < 1.29 is 33.8 Å². The molecule has 0 bridgehead atoms. The SMILES string of the molecule is CC(C)(C)OC(=O)C[C@@H](NC(=O)OCc1ccccc1)C(=O)N1CCC[C@@H]1C(=O)O. The third kappa shape index (κ3) is 7.06. The van der Waals surface area contributed by atoms with Crippen molar-refractivity contribution in [3.63, 3.8) is 0 Å². The number of alkyl carbamates (subject to hydrolysis) is 1. The number of rotatable bonds is 7. The van der Waals surface area contributed by atoms with Crippen LogP contribution in [0.4, 0.5) is 4.79 Å². The Morgan fingerprint density at radius 3 is 2.47 bits per heavy atom. The fourth-order valence-corrected chi connectivity index (χ4v) is 3.14. The first-order valence-corrected chi connectivity index (χ1v) is 9.79. The molecule has 1 aromatic carbocycles. The lowest BCUT2D eigenvalue weighted by atomic mass is 10.1. The Hall–Kier alpha value is -3.10. The van der Waals surface area contributed by atoms with Crippen molar-refractivity contribution in [1.82, 2.24) is 10.2 Å². The van der Waals surface area contributed by atoms with Crippen molar-refractivity contribution in [1.29, 1.82) is 0 Å². The van der Waals surface area contributed by atoms with Crippen molar-refractivity contribution in [2.75, 3.05) is 6.54 Å². The first kappa shape index (κ1) is 23.2. The minimum absolute atomic E-state index is 0.0124. The highest BCUT2D eigenvalue weighted by Crippen LogP contribution is 2.20. The summed E-state index contributed by atoms with van der Waals surface area (Å²) in [6.45, 7) is 5.28. The van der Waals surface area contributed by atoms with Crippen LogP contribution in [0, 0.1) is 0 Å². The van der Waals surface area contributed by atoms with E-state index >= 15 is 0 Å². The van der Waals surface area contributed by atoms with E-state index in [-0.39, 0.29) is 13.2 Å². The molecule has 0 aliphatic carbocycles. The van der Waals surface area contributed by atoms with E-state index in [1.807, 2.05) is 6.07 Å². The first-order chi connectivity index (χ1) is 14.1. The largest absolute Gasteiger partial charge is 0.480 e. The molecule has 30 heavy (non-hydrogen) atoms. The summed E-state index contributed by atoms with van der Waals surface area (Å²) in [4.78, 5) is 50.1. The predicted molar refractivity (Wildman–Crippen MR) is 106 cm³/mol. The molecule has 2 N–H and O–H groups in total. The van der Waals surface area contributed by atoms with Gasteiger partial charge in [0.15, 0.2) is 0 Å². The van der Waals surface area contributed by atoms with Crippen molar-refractivity contribution >= 4 is 23.9 Å². The minimum Gasteiger partial charge on any atom is -0.480 e. The number of carbonyl (C=O) groups excluding carboxylic acids is 3. The van der Waals surface area contributed by atoms with E-state index in [0.717, 1.165) is 5.56 Å². The molecule has 1 heterocycles. The monoisotopic (exact) mass is 420 g/mol. The number of benzene rings is 1. The van der Waals surface area contributed by atoms with Gasteiger partial charge in [-0.3, -0.25) is 9.59 Å². The van der Waals surface area contributed by atoms with Gasteiger partial charge in [0.1, 0.15) is 24.3 Å². The maximum absolute atomic E-state index is 13.0. The normalized spacial score (nSPS) is 17.2. The molecule has 1 aliphatic heterocycles. The molecule has 1 aliphatic rings. The van der Waals surface area contributed by atoms with Gasteiger partial charge in [-0.25, -0.2) is 9.59 Å². The van der Waals surface area contributed by atoms with E-state index in [4.69, 9.17) is 9.47 Å². The summed E-state index contributed by atoms with van der Waals surface area (Å²) in [5.74, 6) is -2.46. The van der Waals surface area contributed by atoms with E-state index in [0.29, 0.717) is 12.8 Å². The summed E-state index contributed by atoms with van der Waals surface area (Å²) in [5.41, 5.74) is -0.0106. The second kappa shape index (κ2) is 10.1. The van der Waals surface area contributed by atoms with Gasteiger partial charge in [0, 0.05) is 6.54 Å². The summed E-state index contributed by atoms with van der Waals surface area (Å²) < 4.78 is 10.4. The van der Waals surface area contributed by atoms with E-state index in [1.54, 1.807) is 45.0 Å². The number of hydrogen-bond donors (Lipinski definition) is 2. The first-order valence-electron chi connectivity index (χ1n) is 9.79. The van der Waals surface area contributed by atoms with Crippen LogP contribution in [-0.2, 0) is 30.5 Å². The summed E-state index contributed by atoms with van der Waals surface area (Å²) in [5, 5.41) is 11.7. The lowest BCUT2D eigenvalue weighted by molar-refractivity contribution is -0.157. The van der Waals surface area contributed by atoms with E-state index in [9.17, 15) is 24.3 Å². The van der Waals surface area contributed by atoms with Gasteiger partial charge >= 0.3 is 18.0 Å². The van der Waals surface area contributed by atoms with Gasteiger partial charge in [-0.15, -0.1) is 0 Å². The van der Waals surface area contributed by atoms with Crippen molar-refractivity contribution in [3.05, 3.63) is 35.9 Å². The standard InChI is InChI=1S/C21H28N2O7/c1-21(2,3)30-17(24)12-15(18(25)23-11-7-10-16(23)19(26)27)22-20(28)29-13-14-8-5-4-6-9-14/h4-6,8-9,15-16H,7,10-13H2,1-3H3,(H,22,28)(H,26,27)/t15-,16-/m1/s1. The Labute approximate surface area is 175 Å². The molecular formula is C21H28N2O7. The maximum atomic E-state index is 13.0. The maximum Gasteiger partial charge on any atom is 0.408 e. The summed E-state index contributed by atoms with van der Waals surface area (Å²) in [6, 6.07) is 6.70. The fourth-order valence-electron chi connectivity index (χ4n) is 3.14. The van der Waals surface area contributed by atoms with Crippen LogP contribution in [0.2, 0.25) is 0 Å². The van der Waals surface area contributed by atoms with Gasteiger partial charge in [0.05, 0.1) is 6.42 Å². The van der Waals surface area contributed by atoms with E-state index < -0.39 is 48.0 Å². The molecule has 164 valence electrons. The second-order valence-electron chi connectivity index (χ2n) is 8.08. The topological polar surface area (TPSA) is 122 Å². The zero-order valence-electron chi connectivity index (χ0n) is 17.4. The Kier molecular flexibility index (Phi) is 7.79. The molecule has 1 fully saturated rings. The Bertz CT molecular complexity index is 773. The molecule has 0 radical (unpaired) electrons. The Balaban J connectivity index is 2.07. The molecule has 9 heteroatoms. The van der Waals surface area contributed by atoms with Gasteiger partial charge in [-0.05, 0) is 39.2 Å². The molecule has 2 rings (SSSR count). The number of nitrogens with one attached hydrogen (secondary N) is 1. The van der Waals surface area contributed by atoms with Gasteiger partial charge in [-0.1, -0.05) is 30.3 Å². The van der Waals surface area contributed by atoms with Gasteiger partial charge in [0.2, 0.25) is 5.91 Å². The number of hydrogen-bond acceptors (Lipinski definition) is 6. The molecular weight excluding hydrogens is 392 g/mol. The van der Waals surface area contributed by atoms with Crippen molar-refractivity contribution in [2.45, 2.75) is 64.3 Å². The minimum atomic E-state index is -1.29. The van der Waals surface area contributed by atoms with Crippen molar-refractivity contribution in [3.8, 4) is 0 Å². The molecule has 0 aromatic heterocycles. The smallest absolute Gasteiger partial charge is 0.408 e. The molecule has 0 spiro atoms. The van der Waals surface area contributed by atoms with Gasteiger partial charge < -0.3 is 24.8 Å². The predicted octanol–water partition coefficient (Wildman–Crippen LogP) is 2.09. The van der Waals surface area contributed by atoms with Crippen LogP contribution in [0.3, 0.4) is 0 Å². The zero-order chi connectivity index (χ0) is 22.3. The molecule has 1 saturated heterocycles. The van der Waals surface area contributed by atoms with Gasteiger partial charge in [-0.2, -0.15) is 0 Å². The number of esters is 1. The number of likely N-dealkylation sites (tertiary alicyclic amines) is 1. The Morgan fingerprint density at radius 2 is 1.87 bits per heavy atom. The van der Waals surface area contributed by atoms with E-state index in [2.05, 4.69) is 5.32 Å². The van der Waals surface area contributed by atoms with Crippen LogP contribution in [0.5, 0.6) is 0 Å². The molecule has 1 aromatic rings. The van der Waals surface area contributed by atoms with Crippen molar-refractivity contribution in [2.24, 2.45) is 0 Å². The lowest BCUT2D eigenvalue weighted by Gasteiger charge is -2.27. The third-order valence-corrected chi connectivity index (χ3v) is 4.41.